The Morgan fingerprint density at radius 1 is 1.17 bits per heavy atom. The summed E-state index contributed by atoms with van der Waals surface area (Å²) >= 11 is 3.32. The Hall–Kier alpha value is -2.14. The number of hydrogen-bond acceptors (Lipinski definition) is 6. The van der Waals surface area contributed by atoms with E-state index in [9.17, 15) is 13.2 Å². The van der Waals surface area contributed by atoms with Crippen LogP contribution < -0.4 is 9.54 Å². The maximum Gasteiger partial charge on any atom is 0.251 e. The van der Waals surface area contributed by atoms with Crippen molar-refractivity contribution in [2.45, 2.75) is 38.1 Å². The molecule has 10 heteroatoms. The first-order valence-corrected chi connectivity index (χ1v) is 15.2. The van der Waals surface area contributed by atoms with Crippen molar-refractivity contribution in [3.8, 4) is 5.75 Å². The highest BCUT2D eigenvalue weighted by atomic mass is 32.2. The van der Waals surface area contributed by atoms with Crippen molar-refractivity contribution in [3.05, 3.63) is 52.3 Å². The van der Waals surface area contributed by atoms with Gasteiger partial charge in [0.1, 0.15) is 5.75 Å². The van der Waals surface area contributed by atoms with Crippen LogP contribution >= 0.6 is 23.1 Å². The lowest BCUT2D eigenvalue weighted by molar-refractivity contribution is -0.122. The van der Waals surface area contributed by atoms with Gasteiger partial charge in [-0.25, -0.2) is 8.42 Å². The number of aryl methyl sites for hydroxylation is 3. The SMILES string of the molecule is COc1ccc(S(=O)(=O)N2CCC(C(=O)N=c3sc4c(C)cc(C)cc4n3CCSC)CC2)cc1. The van der Waals surface area contributed by atoms with Crippen LogP contribution in [0.5, 0.6) is 5.75 Å². The third-order valence-corrected chi connectivity index (χ3v) is 10.1. The molecule has 0 radical (unpaired) electrons. The van der Waals surface area contributed by atoms with E-state index in [1.165, 1.54) is 15.4 Å². The highest BCUT2D eigenvalue weighted by molar-refractivity contribution is 7.98. The van der Waals surface area contributed by atoms with Gasteiger partial charge in [-0.05, 0) is 74.4 Å². The van der Waals surface area contributed by atoms with Crippen molar-refractivity contribution in [1.82, 2.24) is 8.87 Å². The minimum Gasteiger partial charge on any atom is -0.497 e. The van der Waals surface area contributed by atoms with Gasteiger partial charge in [0.25, 0.3) is 5.91 Å². The van der Waals surface area contributed by atoms with Crippen LogP contribution in [0.4, 0.5) is 0 Å². The number of fused-ring (bicyclic) bond motifs is 1. The van der Waals surface area contributed by atoms with Crippen molar-refractivity contribution in [2.24, 2.45) is 10.9 Å². The predicted molar refractivity (Wildman–Crippen MR) is 143 cm³/mol. The highest BCUT2D eigenvalue weighted by Crippen LogP contribution is 2.27. The van der Waals surface area contributed by atoms with Gasteiger partial charge in [0, 0.05) is 31.3 Å². The monoisotopic (exact) mass is 533 g/mol. The summed E-state index contributed by atoms with van der Waals surface area (Å²) in [5, 5.41) is 0. The molecule has 3 aromatic rings. The Labute approximate surface area is 214 Å². The minimum absolute atomic E-state index is 0.162. The number of thiazole rings is 1. The zero-order valence-corrected chi connectivity index (χ0v) is 22.9. The second-order valence-corrected chi connectivity index (χ2v) is 12.7. The number of benzene rings is 2. The fourth-order valence-electron chi connectivity index (χ4n) is 4.42. The summed E-state index contributed by atoms with van der Waals surface area (Å²) in [5.74, 6) is 1.10. The van der Waals surface area contributed by atoms with Gasteiger partial charge in [-0.3, -0.25) is 4.79 Å². The van der Waals surface area contributed by atoms with E-state index in [0.29, 0.717) is 31.7 Å². The summed E-state index contributed by atoms with van der Waals surface area (Å²) in [6.07, 6.45) is 3.00. The van der Waals surface area contributed by atoms with Crippen LogP contribution in [-0.2, 0) is 21.4 Å². The molecule has 1 aromatic heterocycles. The Balaban J connectivity index is 1.53. The average Bonchev–Trinajstić information content (AvgIpc) is 3.19. The number of ether oxygens (including phenoxy) is 1. The third-order valence-electron chi connectivity index (χ3n) is 6.34. The molecule has 2 heterocycles. The topological polar surface area (TPSA) is 81.0 Å². The lowest BCUT2D eigenvalue weighted by atomic mass is 9.98. The zero-order chi connectivity index (χ0) is 25.2. The molecule has 4 rings (SSSR count). The van der Waals surface area contributed by atoms with Crippen LogP contribution in [0.15, 0.2) is 46.3 Å². The molecule has 1 saturated heterocycles. The second-order valence-electron chi connectivity index (χ2n) is 8.76. The van der Waals surface area contributed by atoms with Gasteiger partial charge in [-0.1, -0.05) is 17.4 Å². The Bertz CT molecular complexity index is 1380. The molecule has 1 amide bonds. The molecule has 2 aromatic carbocycles. The number of piperidine rings is 1. The van der Waals surface area contributed by atoms with Gasteiger partial charge in [-0.2, -0.15) is 21.1 Å². The smallest absolute Gasteiger partial charge is 0.251 e. The molecule has 188 valence electrons. The number of nitrogens with zero attached hydrogens (tertiary/aromatic N) is 3. The van der Waals surface area contributed by atoms with Crippen molar-refractivity contribution >= 4 is 49.2 Å². The summed E-state index contributed by atoms with van der Waals surface area (Å²) in [5.41, 5.74) is 3.50. The summed E-state index contributed by atoms with van der Waals surface area (Å²) < 4.78 is 36.0. The molecule has 0 unspecified atom stereocenters. The van der Waals surface area contributed by atoms with E-state index in [-0.39, 0.29) is 16.7 Å². The normalized spacial score (nSPS) is 16.2. The van der Waals surface area contributed by atoms with Crippen LogP contribution in [0, 0.1) is 19.8 Å². The van der Waals surface area contributed by atoms with Crippen molar-refractivity contribution < 1.29 is 17.9 Å². The molecule has 1 aliphatic heterocycles. The molecule has 7 nitrogen and oxygen atoms in total. The Morgan fingerprint density at radius 2 is 1.86 bits per heavy atom. The molecule has 35 heavy (non-hydrogen) atoms. The average molecular weight is 534 g/mol. The minimum atomic E-state index is -3.61. The number of carbonyl (C=O) groups excluding carboxylic acids is 1. The Morgan fingerprint density at radius 3 is 2.49 bits per heavy atom. The highest BCUT2D eigenvalue weighted by Gasteiger charge is 2.32. The first-order valence-electron chi connectivity index (χ1n) is 11.6. The first-order chi connectivity index (χ1) is 16.7. The largest absolute Gasteiger partial charge is 0.497 e. The number of thioether (sulfide) groups is 1. The van der Waals surface area contributed by atoms with Crippen molar-refractivity contribution in [1.29, 1.82) is 0 Å². The lowest BCUT2D eigenvalue weighted by Crippen LogP contribution is -2.40. The molecule has 0 N–H and O–H groups in total. The molecular weight excluding hydrogens is 502 g/mol. The van der Waals surface area contributed by atoms with Gasteiger partial charge in [0.2, 0.25) is 10.0 Å². The molecule has 1 aliphatic rings. The number of amides is 1. The van der Waals surface area contributed by atoms with E-state index in [2.05, 4.69) is 41.8 Å². The standard InChI is InChI=1S/C25H31N3O4S3/c1-17-15-18(2)23-22(16-17)28(13-14-33-4)25(34-23)26-24(29)19-9-11-27(12-10-19)35(30,31)21-7-5-20(32-3)6-8-21/h5-8,15-16,19H,9-14H2,1-4H3. The van der Waals surface area contributed by atoms with E-state index in [0.717, 1.165) is 27.3 Å². The predicted octanol–water partition coefficient (Wildman–Crippen LogP) is 4.22. The van der Waals surface area contributed by atoms with Crippen molar-refractivity contribution in [3.63, 3.8) is 0 Å². The van der Waals surface area contributed by atoms with Crippen LogP contribution in [0.3, 0.4) is 0 Å². The molecule has 0 aliphatic carbocycles. The van der Waals surface area contributed by atoms with E-state index in [1.807, 2.05) is 0 Å². The Kier molecular flexibility index (Phi) is 8.05. The van der Waals surface area contributed by atoms with Gasteiger partial charge >= 0.3 is 0 Å². The fourth-order valence-corrected chi connectivity index (χ4v) is 7.37. The van der Waals surface area contributed by atoms with Crippen LogP contribution in [0.1, 0.15) is 24.0 Å². The van der Waals surface area contributed by atoms with Crippen LogP contribution in [0.2, 0.25) is 0 Å². The lowest BCUT2D eigenvalue weighted by Gasteiger charge is -2.29. The summed E-state index contributed by atoms with van der Waals surface area (Å²) in [6, 6.07) is 10.7. The van der Waals surface area contributed by atoms with Gasteiger partial charge < -0.3 is 9.30 Å². The number of hydrogen-bond donors (Lipinski definition) is 0. The third kappa shape index (κ3) is 5.50. The van der Waals surface area contributed by atoms with Crippen LogP contribution in [-0.4, -0.2) is 55.4 Å². The summed E-state index contributed by atoms with van der Waals surface area (Å²) in [6.45, 7) is 5.57. The van der Waals surface area contributed by atoms with Gasteiger partial charge in [0.15, 0.2) is 4.80 Å². The van der Waals surface area contributed by atoms with Gasteiger partial charge in [-0.15, -0.1) is 0 Å². The maximum absolute atomic E-state index is 13.2. The molecule has 0 spiro atoms. The van der Waals surface area contributed by atoms with Crippen molar-refractivity contribution in [2.75, 3.05) is 32.2 Å². The van der Waals surface area contributed by atoms with E-state index < -0.39 is 10.0 Å². The van der Waals surface area contributed by atoms with E-state index in [1.54, 1.807) is 54.5 Å². The summed E-state index contributed by atoms with van der Waals surface area (Å²) in [7, 11) is -2.06. The molecular formula is C25H31N3O4S3. The van der Waals surface area contributed by atoms with E-state index >= 15 is 0 Å². The molecule has 0 atom stereocenters. The van der Waals surface area contributed by atoms with E-state index in [4.69, 9.17) is 4.74 Å². The number of aromatic nitrogens is 1. The molecule has 0 bridgehead atoms. The quantitative estimate of drug-likeness (QED) is 0.454. The number of carbonyl (C=O) groups is 1. The number of sulfonamides is 1. The maximum atomic E-state index is 13.2. The zero-order valence-electron chi connectivity index (χ0n) is 20.5. The fraction of sp³-hybridized carbons (Fsp3) is 0.440. The molecule has 0 saturated carbocycles. The first kappa shape index (κ1) is 25.9. The number of methoxy groups -OCH3 is 1. The summed E-state index contributed by atoms with van der Waals surface area (Å²) in [4.78, 5) is 18.7. The van der Waals surface area contributed by atoms with Gasteiger partial charge in [0.05, 0.1) is 22.2 Å². The van der Waals surface area contributed by atoms with Crippen LogP contribution in [0.25, 0.3) is 10.2 Å². The second kappa shape index (κ2) is 10.9. The molecule has 1 fully saturated rings. The number of rotatable bonds is 7.